The molecule has 1 N–H and O–H groups in total. The molecule has 0 saturated heterocycles. The molecule has 2 nitrogen and oxygen atoms in total. The Morgan fingerprint density at radius 2 is 2.00 bits per heavy atom. The third-order valence-electron chi connectivity index (χ3n) is 2.65. The lowest BCUT2D eigenvalue weighted by Gasteiger charge is -2.23. The van der Waals surface area contributed by atoms with Crippen LogP contribution in [0.4, 0.5) is 0 Å². The largest absolute Gasteiger partial charge is 0.255 e. The summed E-state index contributed by atoms with van der Waals surface area (Å²) in [4.78, 5) is 0. The van der Waals surface area contributed by atoms with Gasteiger partial charge in [0.2, 0.25) is 0 Å². The van der Waals surface area contributed by atoms with Gasteiger partial charge in [0.15, 0.2) is 0 Å². The van der Waals surface area contributed by atoms with E-state index in [0.717, 1.165) is 26.1 Å². The van der Waals surface area contributed by atoms with E-state index in [0.29, 0.717) is 0 Å². The summed E-state index contributed by atoms with van der Waals surface area (Å²) in [5.74, 6) is 0. The molecule has 1 aromatic rings. The lowest BCUT2D eigenvalue weighted by atomic mass is 10.2. The SMILES string of the molecule is C1=CCN(NCCc2ccccc2)CC1. The van der Waals surface area contributed by atoms with Gasteiger partial charge in [0.05, 0.1) is 0 Å². The minimum atomic E-state index is 1.03. The zero-order valence-corrected chi connectivity index (χ0v) is 9.02. The first-order valence-electron chi connectivity index (χ1n) is 5.62. The number of nitrogens with one attached hydrogen (secondary N) is 1. The highest BCUT2D eigenvalue weighted by atomic mass is 15.5. The Morgan fingerprint density at radius 1 is 1.13 bits per heavy atom. The lowest BCUT2D eigenvalue weighted by Crippen LogP contribution is -2.41. The second kappa shape index (κ2) is 5.69. The minimum Gasteiger partial charge on any atom is -0.255 e. The van der Waals surface area contributed by atoms with E-state index < -0.39 is 0 Å². The minimum absolute atomic E-state index is 1.03. The highest BCUT2D eigenvalue weighted by Gasteiger charge is 2.03. The summed E-state index contributed by atoms with van der Waals surface area (Å²) in [5, 5.41) is 2.28. The second-order valence-electron chi connectivity index (χ2n) is 3.85. The van der Waals surface area contributed by atoms with Crippen molar-refractivity contribution in [1.82, 2.24) is 10.4 Å². The first-order valence-corrected chi connectivity index (χ1v) is 5.62. The van der Waals surface area contributed by atoms with Gasteiger partial charge in [0, 0.05) is 19.6 Å². The normalized spacial score (nSPS) is 16.8. The predicted octanol–water partition coefficient (Wildman–Crippen LogP) is 2.00. The molecule has 80 valence electrons. The van der Waals surface area contributed by atoms with Crippen LogP contribution in [0.15, 0.2) is 42.5 Å². The average Bonchev–Trinajstić information content (AvgIpc) is 2.32. The van der Waals surface area contributed by atoms with E-state index in [-0.39, 0.29) is 0 Å². The maximum atomic E-state index is 3.45. The van der Waals surface area contributed by atoms with Crippen molar-refractivity contribution in [2.24, 2.45) is 0 Å². The summed E-state index contributed by atoms with van der Waals surface area (Å²) in [5.41, 5.74) is 4.85. The van der Waals surface area contributed by atoms with Crippen LogP contribution in [0.3, 0.4) is 0 Å². The van der Waals surface area contributed by atoms with Crippen molar-refractivity contribution in [2.45, 2.75) is 12.8 Å². The number of rotatable bonds is 4. The lowest BCUT2D eigenvalue weighted by molar-refractivity contribution is 0.207. The maximum absolute atomic E-state index is 3.45. The van der Waals surface area contributed by atoms with Gasteiger partial charge in [0.1, 0.15) is 0 Å². The van der Waals surface area contributed by atoms with Gasteiger partial charge in [0.25, 0.3) is 0 Å². The fourth-order valence-electron chi connectivity index (χ4n) is 1.79. The molecule has 15 heavy (non-hydrogen) atoms. The summed E-state index contributed by atoms with van der Waals surface area (Å²) < 4.78 is 0. The fraction of sp³-hybridized carbons (Fsp3) is 0.385. The summed E-state index contributed by atoms with van der Waals surface area (Å²) in [7, 11) is 0. The van der Waals surface area contributed by atoms with E-state index in [9.17, 15) is 0 Å². The quantitative estimate of drug-likeness (QED) is 0.751. The average molecular weight is 202 g/mol. The van der Waals surface area contributed by atoms with Gasteiger partial charge in [-0.3, -0.25) is 5.43 Å². The number of hydrogen-bond acceptors (Lipinski definition) is 2. The smallest absolute Gasteiger partial charge is 0.0311 e. The van der Waals surface area contributed by atoms with Crippen molar-refractivity contribution in [3.8, 4) is 0 Å². The molecule has 0 saturated carbocycles. The van der Waals surface area contributed by atoms with E-state index in [1.54, 1.807) is 0 Å². The Balaban J connectivity index is 1.68. The van der Waals surface area contributed by atoms with Crippen molar-refractivity contribution < 1.29 is 0 Å². The van der Waals surface area contributed by atoms with E-state index >= 15 is 0 Å². The molecule has 0 spiro atoms. The van der Waals surface area contributed by atoms with Crippen LogP contribution in [0.5, 0.6) is 0 Å². The van der Waals surface area contributed by atoms with Gasteiger partial charge in [-0.25, -0.2) is 5.01 Å². The molecule has 2 rings (SSSR count). The Bertz CT molecular complexity index is 306. The molecular formula is C13H18N2. The van der Waals surface area contributed by atoms with Gasteiger partial charge in [-0.1, -0.05) is 42.5 Å². The van der Waals surface area contributed by atoms with Crippen LogP contribution in [-0.4, -0.2) is 24.6 Å². The van der Waals surface area contributed by atoms with Crippen LogP contribution >= 0.6 is 0 Å². The molecule has 1 aliphatic heterocycles. The Morgan fingerprint density at radius 3 is 2.73 bits per heavy atom. The topological polar surface area (TPSA) is 15.3 Å². The molecule has 1 aromatic carbocycles. The molecular weight excluding hydrogens is 184 g/mol. The predicted molar refractivity (Wildman–Crippen MR) is 63.5 cm³/mol. The number of nitrogens with zero attached hydrogens (tertiary/aromatic N) is 1. The van der Waals surface area contributed by atoms with Crippen molar-refractivity contribution in [3.05, 3.63) is 48.0 Å². The third kappa shape index (κ3) is 3.50. The summed E-state index contributed by atoms with van der Waals surface area (Å²) in [6.45, 7) is 3.19. The van der Waals surface area contributed by atoms with Gasteiger partial charge >= 0.3 is 0 Å². The summed E-state index contributed by atoms with van der Waals surface area (Å²) in [6, 6.07) is 10.6. The molecule has 1 aliphatic rings. The molecule has 0 fully saturated rings. The standard InChI is InChI=1S/C13H18N2/c1-3-7-13(8-4-1)9-10-14-15-11-5-2-6-12-15/h1-5,7-8,14H,6,9-12H2. The van der Waals surface area contributed by atoms with E-state index in [1.165, 1.54) is 12.0 Å². The second-order valence-corrected chi connectivity index (χ2v) is 3.85. The van der Waals surface area contributed by atoms with E-state index in [2.05, 4.69) is 52.9 Å². The molecule has 0 radical (unpaired) electrons. The van der Waals surface area contributed by atoms with E-state index in [4.69, 9.17) is 0 Å². The Hall–Kier alpha value is -1.12. The zero-order valence-electron chi connectivity index (χ0n) is 9.02. The van der Waals surface area contributed by atoms with Crippen LogP contribution in [0.2, 0.25) is 0 Å². The first kappa shape index (κ1) is 10.4. The van der Waals surface area contributed by atoms with Crippen molar-refractivity contribution in [2.75, 3.05) is 19.6 Å². The molecule has 0 aromatic heterocycles. The number of hydrazine groups is 1. The Kier molecular flexibility index (Phi) is 3.94. The van der Waals surface area contributed by atoms with Crippen LogP contribution in [0, 0.1) is 0 Å². The zero-order chi connectivity index (χ0) is 10.3. The van der Waals surface area contributed by atoms with Crippen LogP contribution < -0.4 is 5.43 Å². The van der Waals surface area contributed by atoms with Gasteiger partial charge in [-0.05, 0) is 18.4 Å². The highest BCUT2D eigenvalue weighted by Crippen LogP contribution is 2.00. The van der Waals surface area contributed by atoms with Crippen LogP contribution in [-0.2, 0) is 6.42 Å². The number of benzene rings is 1. The van der Waals surface area contributed by atoms with Crippen LogP contribution in [0.25, 0.3) is 0 Å². The molecule has 2 heteroatoms. The first-order chi connectivity index (χ1) is 7.45. The van der Waals surface area contributed by atoms with Crippen molar-refractivity contribution in [3.63, 3.8) is 0 Å². The van der Waals surface area contributed by atoms with Crippen LogP contribution in [0.1, 0.15) is 12.0 Å². The van der Waals surface area contributed by atoms with Gasteiger partial charge in [-0.2, -0.15) is 0 Å². The molecule has 0 unspecified atom stereocenters. The highest BCUT2D eigenvalue weighted by molar-refractivity contribution is 5.14. The van der Waals surface area contributed by atoms with E-state index in [1.807, 2.05) is 0 Å². The van der Waals surface area contributed by atoms with Crippen molar-refractivity contribution >= 4 is 0 Å². The van der Waals surface area contributed by atoms with Crippen molar-refractivity contribution in [1.29, 1.82) is 0 Å². The molecule has 1 heterocycles. The molecule has 0 bridgehead atoms. The molecule has 0 aliphatic carbocycles. The molecule has 0 atom stereocenters. The maximum Gasteiger partial charge on any atom is 0.0311 e. The summed E-state index contributed by atoms with van der Waals surface area (Å²) in [6.07, 6.45) is 6.73. The number of hydrogen-bond donors (Lipinski definition) is 1. The van der Waals surface area contributed by atoms with Gasteiger partial charge in [-0.15, -0.1) is 0 Å². The monoisotopic (exact) mass is 202 g/mol. The third-order valence-corrected chi connectivity index (χ3v) is 2.65. The van der Waals surface area contributed by atoms with Gasteiger partial charge < -0.3 is 0 Å². The Labute approximate surface area is 91.6 Å². The molecule has 0 amide bonds. The fourth-order valence-corrected chi connectivity index (χ4v) is 1.79. The summed E-state index contributed by atoms with van der Waals surface area (Å²) >= 11 is 0.